The normalized spacial score (nSPS) is 19.1. The highest BCUT2D eigenvalue weighted by Gasteiger charge is 2.47. The predicted molar refractivity (Wildman–Crippen MR) is 29.8 cm³/mol. The maximum Gasteiger partial charge on any atom is 0.274 e. The molecule has 0 radical (unpaired) electrons. The summed E-state index contributed by atoms with van der Waals surface area (Å²) < 4.78 is 0. The molecule has 0 atom stereocenters. The first-order valence-electron chi connectivity index (χ1n) is 2.45. The molecule has 0 spiro atoms. The summed E-state index contributed by atoms with van der Waals surface area (Å²) in [5.41, 5.74) is 4.80. The largest absolute Gasteiger partial charge is 0.375 e. The van der Waals surface area contributed by atoms with Crippen LogP contribution in [0, 0.1) is 5.41 Å². The molecule has 0 unspecified atom stereocenters. The van der Waals surface area contributed by atoms with Gasteiger partial charge in [0, 0.05) is 0 Å². The number of β-lactam (4-membered cyclic amide) rings is 2. The number of guanidine groups is 1. The quantitative estimate of drug-likeness (QED) is 0.152. The zero-order chi connectivity index (χ0) is 7.89. The van der Waals surface area contributed by atoms with Crippen molar-refractivity contribution in [2.75, 3.05) is 0 Å². The van der Waals surface area contributed by atoms with Gasteiger partial charge in [-0.25, -0.2) is 4.90 Å². The number of likely N-dealkylation sites (tertiary alicyclic amines) is 1. The third kappa shape index (κ3) is 0.591. The highest BCUT2D eigenvalue weighted by Crippen LogP contribution is 2.09. The zero-order valence-electron chi connectivity index (χ0n) is 4.87. The van der Waals surface area contributed by atoms with Gasteiger partial charge >= 0.3 is 0 Å². The van der Waals surface area contributed by atoms with E-state index in [1.807, 2.05) is 0 Å². The first kappa shape index (κ1) is 6.69. The van der Waals surface area contributed by atoms with E-state index < -0.39 is 23.9 Å². The van der Waals surface area contributed by atoms with Gasteiger partial charge in [0.1, 0.15) is 0 Å². The van der Waals surface area contributed by atoms with Gasteiger partial charge in [0.15, 0.2) is 0 Å². The van der Waals surface area contributed by atoms with Crippen LogP contribution in [0.25, 0.3) is 0 Å². The molecule has 1 aliphatic heterocycles. The fourth-order valence-corrected chi connectivity index (χ4v) is 0.630. The standard InChI is InChI=1S/C4H5N3O3/c5-4(6)7-2(9)1(8)3(7)10/h1,8H,(H3,5,6). The number of hydrogen-bond acceptors (Lipinski definition) is 4. The van der Waals surface area contributed by atoms with Crippen molar-refractivity contribution in [1.82, 2.24) is 4.90 Å². The lowest BCUT2D eigenvalue weighted by molar-refractivity contribution is -0.166. The van der Waals surface area contributed by atoms with E-state index in [4.69, 9.17) is 16.2 Å². The minimum absolute atomic E-state index is 0.407. The summed E-state index contributed by atoms with van der Waals surface area (Å²) in [6, 6.07) is 0. The molecule has 0 bridgehead atoms. The Morgan fingerprint density at radius 2 is 2.00 bits per heavy atom. The second-order valence-corrected chi connectivity index (χ2v) is 1.80. The number of hydrogen-bond donors (Lipinski definition) is 3. The molecule has 0 saturated carbocycles. The summed E-state index contributed by atoms with van der Waals surface area (Å²) in [5.74, 6) is -2.32. The molecule has 1 fully saturated rings. The number of amides is 2. The van der Waals surface area contributed by atoms with Crippen LogP contribution in [-0.2, 0) is 9.59 Å². The third-order valence-corrected chi connectivity index (χ3v) is 1.15. The van der Waals surface area contributed by atoms with Crippen molar-refractivity contribution in [2.45, 2.75) is 6.10 Å². The van der Waals surface area contributed by atoms with Gasteiger partial charge in [-0.2, -0.15) is 0 Å². The topological polar surface area (TPSA) is 107 Å². The number of carbonyl (C=O) groups excluding carboxylic acids is 2. The van der Waals surface area contributed by atoms with Crippen molar-refractivity contribution in [3.63, 3.8) is 0 Å². The lowest BCUT2D eigenvalue weighted by Crippen LogP contribution is -2.65. The van der Waals surface area contributed by atoms with Crippen LogP contribution >= 0.6 is 0 Å². The molecule has 1 saturated heterocycles. The van der Waals surface area contributed by atoms with Crippen molar-refractivity contribution >= 4 is 17.8 Å². The Hall–Kier alpha value is -1.43. The van der Waals surface area contributed by atoms with Crippen molar-refractivity contribution < 1.29 is 14.7 Å². The fraction of sp³-hybridized carbons (Fsp3) is 0.250. The summed E-state index contributed by atoms with van der Waals surface area (Å²) in [6.45, 7) is 0. The molecule has 10 heavy (non-hydrogen) atoms. The Morgan fingerprint density at radius 3 is 2.20 bits per heavy atom. The maximum absolute atomic E-state index is 10.4. The van der Waals surface area contributed by atoms with Crippen LogP contribution in [0.15, 0.2) is 0 Å². The lowest BCUT2D eigenvalue weighted by atomic mass is 10.1. The summed E-state index contributed by atoms with van der Waals surface area (Å²) in [7, 11) is 0. The van der Waals surface area contributed by atoms with E-state index in [9.17, 15) is 9.59 Å². The Morgan fingerprint density at radius 1 is 1.60 bits per heavy atom. The maximum atomic E-state index is 10.4. The van der Waals surface area contributed by atoms with Crippen LogP contribution in [0.4, 0.5) is 0 Å². The molecule has 0 aromatic carbocycles. The van der Waals surface area contributed by atoms with Gasteiger partial charge in [0.25, 0.3) is 11.8 Å². The second kappa shape index (κ2) is 1.77. The molecule has 1 rings (SSSR count). The van der Waals surface area contributed by atoms with E-state index in [2.05, 4.69) is 0 Å². The molecule has 2 amide bonds. The van der Waals surface area contributed by atoms with Gasteiger partial charge in [0.2, 0.25) is 12.1 Å². The zero-order valence-corrected chi connectivity index (χ0v) is 4.87. The number of carbonyl (C=O) groups is 2. The first-order valence-corrected chi connectivity index (χ1v) is 2.45. The fourth-order valence-electron chi connectivity index (χ4n) is 0.630. The highest BCUT2D eigenvalue weighted by atomic mass is 16.3. The minimum atomic E-state index is -1.61. The third-order valence-electron chi connectivity index (χ3n) is 1.15. The number of nitrogens with two attached hydrogens (primary N) is 1. The van der Waals surface area contributed by atoms with Gasteiger partial charge < -0.3 is 10.8 Å². The number of imide groups is 1. The number of rotatable bonds is 0. The molecule has 0 aromatic rings. The van der Waals surface area contributed by atoms with Crippen LogP contribution in [0.2, 0.25) is 0 Å². The average molecular weight is 143 g/mol. The summed E-state index contributed by atoms with van der Waals surface area (Å²) in [6.07, 6.45) is -1.61. The van der Waals surface area contributed by atoms with Crippen molar-refractivity contribution in [3.8, 4) is 0 Å². The molecule has 54 valence electrons. The number of nitrogens with zero attached hydrogens (tertiary/aromatic N) is 1. The van der Waals surface area contributed by atoms with E-state index >= 15 is 0 Å². The Bertz CT molecular complexity index is 208. The molecular weight excluding hydrogens is 138 g/mol. The van der Waals surface area contributed by atoms with E-state index in [-0.39, 0.29) is 0 Å². The van der Waals surface area contributed by atoms with Crippen molar-refractivity contribution in [2.24, 2.45) is 5.73 Å². The second-order valence-electron chi connectivity index (χ2n) is 1.80. The predicted octanol–water partition coefficient (Wildman–Crippen LogP) is -2.39. The van der Waals surface area contributed by atoms with Crippen LogP contribution in [0.3, 0.4) is 0 Å². The van der Waals surface area contributed by atoms with Gasteiger partial charge in [0.05, 0.1) is 0 Å². The summed E-state index contributed by atoms with van der Waals surface area (Å²) >= 11 is 0. The molecular formula is C4H5N3O3. The van der Waals surface area contributed by atoms with Crippen molar-refractivity contribution in [3.05, 3.63) is 0 Å². The number of aliphatic hydroxyl groups excluding tert-OH is 1. The van der Waals surface area contributed by atoms with Gasteiger partial charge in [-0.15, -0.1) is 0 Å². The minimum Gasteiger partial charge on any atom is -0.375 e. The Balaban J connectivity index is 2.76. The van der Waals surface area contributed by atoms with Crippen LogP contribution in [-0.4, -0.2) is 33.9 Å². The van der Waals surface area contributed by atoms with Crippen LogP contribution in [0.1, 0.15) is 0 Å². The number of aliphatic hydroxyl groups is 1. The molecule has 6 heteroatoms. The Labute approximate surface area is 55.7 Å². The molecule has 6 nitrogen and oxygen atoms in total. The average Bonchev–Trinajstić information content (AvgIpc) is 1.87. The first-order chi connectivity index (χ1) is 4.55. The molecule has 1 heterocycles. The molecule has 4 N–H and O–H groups in total. The van der Waals surface area contributed by atoms with E-state index in [1.165, 1.54) is 0 Å². The lowest BCUT2D eigenvalue weighted by Gasteiger charge is -2.30. The molecule has 0 aliphatic carbocycles. The van der Waals surface area contributed by atoms with E-state index in [1.54, 1.807) is 0 Å². The van der Waals surface area contributed by atoms with E-state index in [0.717, 1.165) is 0 Å². The van der Waals surface area contributed by atoms with E-state index in [0.29, 0.717) is 4.90 Å². The highest BCUT2D eigenvalue weighted by molar-refractivity contribution is 6.28. The Kier molecular flexibility index (Phi) is 1.19. The van der Waals surface area contributed by atoms with Crippen LogP contribution < -0.4 is 5.73 Å². The van der Waals surface area contributed by atoms with Crippen molar-refractivity contribution in [1.29, 1.82) is 5.41 Å². The monoisotopic (exact) mass is 143 g/mol. The van der Waals surface area contributed by atoms with Gasteiger partial charge in [-0.3, -0.25) is 15.0 Å². The van der Waals surface area contributed by atoms with Crippen LogP contribution in [0.5, 0.6) is 0 Å². The smallest absolute Gasteiger partial charge is 0.274 e. The summed E-state index contributed by atoms with van der Waals surface area (Å²) in [4.78, 5) is 21.3. The summed E-state index contributed by atoms with van der Waals surface area (Å²) in [5, 5.41) is 15.2. The van der Waals surface area contributed by atoms with Gasteiger partial charge in [-0.05, 0) is 0 Å². The van der Waals surface area contributed by atoms with Gasteiger partial charge in [-0.1, -0.05) is 0 Å². The number of nitrogens with one attached hydrogen (secondary N) is 1. The SMILES string of the molecule is N=C(N)N1C(=O)C(O)C1=O. The molecule has 0 aromatic heterocycles. The molecule has 1 aliphatic rings.